The Morgan fingerprint density at radius 3 is 2.81 bits per heavy atom. The zero-order valence-electron chi connectivity index (χ0n) is 12.2. The van der Waals surface area contributed by atoms with Gasteiger partial charge in [-0.3, -0.25) is 0 Å². The van der Waals surface area contributed by atoms with E-state index < -0.39 is 0 Å². The molecule has 6 heteroatoms. The number of nitrogens with two attached hydrogens (primary N) is 1. The molecule has 0 bridgehead atoms. The summed E-state index contributed by atoms with van der Waals surface area (Å²) in [6.45, 7) is 3.61. The van der Waals surface area contributed by atoms with Crippen LogP contribution in [0, 0.1) is 0 Å². The molecule has 21 heavy (non-hydrogen) atoms. The molecule has 2 rings (SSSR count). The van der Waals surface area contributed by atoms with Crippen molar-refractivity contribution in [3.63, 3.8) is 0 Å². The predicted molar refractivity (Wildman–Crippen MR) is 78.0 cm³/mol. The van der Waals surface area contributed by atoms with Crippen molar-refractivity contribution in [1.29, 1.82) is 0 Å². The first-order chi connectivity index (χ1) is 10.3. The fourth-order valence-corrected chi connectivity index (χ4v) is 1.72. The van der Waals surface area contributed by atoms with Crippen molar-refractivity contribution < 1.29 is 14.0 Å². The van der Waals surface area contributed by atoms with E-state index in [1.807, 2.05) is 37.3 Å². The van der Waals surface area contributed by atoms with E-state index in [2.05, 4.69) is 10.1 Å². The minimum atomic E-state index is -0.357. The van der Waals surface area contributed by atoms with E-state index in [9.17, 15) is 0 Å². The van der Waals surface area contributed by atoms with Crippen LogP contribution in [0.4, 0.5) is 0 Å². The Balaban J connectivity index is 1.75. The number of ether oxygens (including phenoxy) is 2. The summed E-state index contributed by atoms with van der Waals surface area (Å²) in [4.78, 5) is 4.26. The second-order valence-corrected chi connectivity index (χ2v) is 4.64. The summed E-state index contributed by atoms with van der Waals surface area (Å²) in [6.07, 6.45) is 1.51. The molecule has 0 spiro atoms. The lowest BCUT2D eigenvalue weighted by molar-refractivity contribution is 0.119. The van der Waals surface area contributed by atoms with Crippen molar-refractivity contribution in [3.8, 4) is 5.75 Å². The van der Waals surface area contributed by atoms with Crippen LogP contribution in [-0.4, -0.2) is 30.0 Å². The number of hydrogen-bond acceptors (Lipinski definition) is 6. The molecule has 2 aromatic rings. The fraction of sp³-hybridized carbons (Fsp3) is 0.467. The van der Waals surface area contributed by atoms with Gasteiger partial charge >= 0.3 is 0 Å². The third-order valence-electron chi connectivity index (χ3n) is 2.79. The van der Waals surface area contributed by atoms with Gasteiger partial charge in [0.2, 0.25) is 5.89 Å². The molecule has 0 fully saturated rings. The summed E-state index contributed by atoms with van der Waals surface area (Å²) in [5.74, 6) is 1.81. The zero-order valence-corrected chi connectivity index (χ0v) is 12.2. The van der Waals surface area contributed by atoms with Crippen LogP contribution < -0.4 is 10.5 Å². The Morgan fingerprint density at radius 2 is 2.05 bits per heavy atom. The SMILES string of the molecule is CCCOCC(N)c1noc(CCOc2ccccc2)n1. The molecule has 1 aromatic heterocycles. The molecule has 0 saturated carbocycles. The van der Waals surface area contributed by atoms with Crippen molar-refractivity contribution in [2.75, 3.05) is 19.8 Å². The Kier molecular flexibility index (Phi) is 6.18. The highest BCUT2D eigenvalue weighted by Crippen LogP contribution is 2.10. The van der Waals surface area contributed by atoms with Gasteiger partial charge in [0.1, 0.15) is 5.75 Å². The predicted octanol–water partition coefficient (Wildman–Crippen LogP) is 2.12. The van der Waals surface area contributed by atoms with Crippen LogP contribution in [0.3, 0.4) is 0 Å². The zero-order chi connectivity index (χ0) is 14.9. The molecular weight excluding hydrogens is 270 g/mol. The molecule has 0 radical (unpaired) electrons. The summed E-state index contributed by atoms with van der Waals surface area (Å²) >= 11 is 0. The van der Waals surface area contributed by atoms with Gasteiger partial charge in [-0.2, -0.15) is 4.98 Å². The first-order valence-corrected chi connectivity index (χ1v) is 7.13. The lowest BCUT2D eigenvalue weighted by Crippen LogP contribution is -2.19. The van der Waals surface area contributed by atoms with E-state index in [0.717, 1.165) is 12.2 Å². The maximum absolute atomic E-state index is 5.93. The molecule has 1 aromatic carbocycles. The summed E-state index contributed by atoms with van der Waals surface area (Å²) in [5, 5.41) is 3.87. The molecule has 114 valence electrons. The average Bonchev–Trinajstić information content (AvgIpc) is 2.97. The number of benzene rings is 1. The molecular formula is C15H21N3O3. The van der Waals surface area contributed by atoms with Crippen LogP contribution in [0.25, 0.3) is 0 Å². The Bertz CT molecular complexity index is 516. The van der Waals surface area contributed by atoms with Gasteiger partial charge in [-0.25, -0.2) is 0 Å². The van der Waals surface area contributed by atoms with Crippen LogP contribution in [0.1, 0.15) is 31.1 Å². The number of rotatable bonds is 9. The Morgan fingerprint density at radius 1 is 1.24 bits per heavy atom. The van der Waals surface area contributed by atoms with E-state index in [1.54, 1.807) is 0 Å². The first kappa shape index (κ1) is 15.5. The molecule has 6 nitrogen and oxygen atoms in total. The van der Waals surface area contributed by atoms with Crippen molar-refractivity contribution in [2.24, 2.45) is 5.73 Å². The normalized spacial score (nSPS) is 12.3. The lowest BCUT2D eigenvalue weighted by atomic mass is 10.3. The van der Waals surface area contributed by atoms with Crippen molar-refractivity contribution in [2.45, 2.75) is 25.8 Å². The molecule has 1 unspecified atom stereocenters. The standard InChI is InChI=1S/C15H21N3O3/c1-2-9-19-11-13(16)15-17-14(21-18-15)8-10-20-12-6-4-3-5-7-12/h3-7,13H,2,8-11,16H2,1H3. The summed E-state index contributed by atoms with van der Waals surface area (Å²) in [7, 11) is 0. The molecule has 0 saturated heterocycles. The summed E-state index contributed by atoms with van der Waals surface area (Å²) in [5.41, 5.74) is 5.93. The van der Waals surface area contributed by atoms with Crippen LogP contribution in [0.15, 0.2) is 34.9 Å². The van der Waals surface area contributed by atoms with Gasteiger partial charge < -0.3 is 19.7 Å². The van der Waals surface area contributed by atoms with Crippen LogP contribution in [0.5, 0.6) is 5.75 Å². The van der Waals surface area contributed by atoms with E-state index in [-0.39, 0.29) is 6.04 Å². The molecule has 1 heterocycles. The highest BCUT2D eigenvalue weighted by Gasteiger charge is 2.14. The molecule has 0 aliphatic rings. The number of para-hydroxylation sites is 1. The minimum absolute atomic E-state index is 0.357. The fourth-order valence-electron chi connectivity index (χ4n) is 1.72. The van der Waals surface area contributed by atoms with E-state index >= 15 is 0 Å². The van der Waals surface area contributed by atoms with Gasteiger partial charge in [-0.15, -0.1) is 0 Å². The molecule has 2 N–H and O–H groups in total. The highest BCUT2D eigenvalue weighted by molar-refractivity contribution is 5.20. The van der Waals surface area contributed by atoms with Crippen molar-refractivity contribution in [3.05, 3.63) is 42.0 Å². The third kappa shape index (κ3) is 5.17. The maximum Gasteiger partial charge on any atom is 0.230 e. The van der Waals surface area contributed by atoms with Gasteiger partial charge in [0.05, 0.1) is 25.7 Å². The maximum atomic E-state index is 5.93. The topological polar surface area (TPSA) is 83.4 Å². The second-order valence-electron chi connectivity index (χ2n) is 4.64. The quantitative estimate of drug-likeness (QED) is 0.712. The van der Waals surface area contributed by atoms with Gasteiger partial charge in [-0.1, -0.05) is 30.3 Å². The van der Waals surface area contributed by atoms with Gasteiger partial charge in [0.15, 0.2) is 5.82 Å². The Hall–Kier alpha value is -1.92. The molecule has 0 aliphatic carbocycles. The van der Waals surface area contributed by atoms with E-state index in [1.165, 1.54) is 0 Å². The largest absolute Gasteiger partial charge is 0.493 e. The first-order valence-electron chi connectivity index (χ1n) is 7.13. The second kappa shape index (κ2) is 8.39. The average molecular weight is 291 g/mol. The van der Waals surface area contributed by atoms with E-state index in [0.29, 0.717) is 38.0 Å². The molecule has 0 amide bonds. The minimum Gasteiger partial charge on any atom is -0.493 e. The van der Waals surface area contributed by atoms with Crippen molar-refractivity contribution in [1.82, 2.24) is 10.1 Å². The van der Waals surface area contributed by atoms with E-state index in [4.69, 9.17) is 19.7 Å². The number of aromatic nitrogens is 2. The van der Waals surface area contributed by atoms with Crippen LogP contribution in [0.2, 0.25) is 0 Å². The monoisotopic (exact) mass is 291 g/mol. The van der Waals surface area contributed by atoms with Crippen LogP contribution in [-0.2, 0) is 11.2 Å². The Labute approximate surface area is 124 Å². The third-order valence-corrected chi connectivity index (χ3v) is 2.79. The smallest absolute Gasteiger partial charge is 0.230 e. The number of hydrogen-bond donors (Lipinski definition) is 1. The van der Waals surface area contributed by atoms with Gasteiger partial charge in [0.25, 0.3) is 0 Å². The van der Waals surface area contributed by atoms with Crippen LogP contribution >= 0.6 is 0 Å². The lowest BCUT2D eigenvalue weighted by Gasteiger charge is -2.06. The van der Waals surface area contributed by atoms with Gasteiger partial charge in [-0.05, 0) is 18.6 Å². The summed E-state index contributed by atoms with van der Waals surface area (Å²) < 4.78 is 16.1. The van der Waals surface area contributed by atoms with Gasteiger partial charge in [0, 0.05) is 6.61 Å². The highest BCUT2D eigenvalue weighted by atomic mass is 16.5. The number of nitrogens with zero attached hydrogens (tertiary/aromatic N) is 2. The summed E-state index contributed by atoms with van der Waals surface area (Å²) in [6, 6.07) is 9.24. The molecule has 1 atom stereocenters. The molecule has 0 aliphatic heterocycles. The van der Waals surface area contributed by atoms with Crippen molar-refractivity contribution >= 4 is 0 Å².